The zero-order valence-electron chi connectivity index (χ0n) is 9.58. The Morgan fingerprint density at radius 2 is 2.33 bits per heavy atom. The third-order valence-corrected chi connectivity index (χ3v) is 4.39. The number of rotatable bonds is 1. The molecule has 2 saturated heterocycles. The van der Waals surface area contributed by atoms with Crippen LogP contribution in [-0.4, -0.2) is 47.0 Å². The summed E-state index contributed by atoms with van der Waals surface area (Å²) in [5.74, 6) is 1.40. The summed E-state index contributed by atoms with van der Waals surface area (Å²) in [5.41, 5.74) is 0. The van der Waals surface area contributed by atoms with Gasteiger partial charge in [-0.25, -0.2) is 0 Å². The number of thioether (sulfide) groups is 1. The topological polar surface area (TPSA) is 32.3 Å². The minimum atomic E-state index is 0.101. The van der Waals surface area contributed by atoms with E-state index in [0.29, 0.717) is 5.91 Å². The van der Waals surface area contributed by atoms with Crippen LogP contribution in [0.15, 0.2) is 0 Å². The summed E-state index contributed by atoms with van der Waals surface area (Å²) in [5, 5.41) is 3.28. The molecule has 2 fully saturated rings. The average molecular weight is 228 g/mol. The van der Waals surface area contributed by atoms with E-state index in [9.17, 15) is 4.79 Å². The van der Waals surface area contributed by atoms with E-state index in [1.807, 2.05) is 16.7 Å². The number of hydrogen-bond acceptors (Lipinski definition) is 3. The Morgan fingerprint density at radius 3 is 2.93 bits per heavy atom. The van der Waals surface area contributed by atoms with Crippen molar-refractivity contribution in [1.82, 2.24) is 10.2 Å². The number of nitrogens with one attached hydrogen (secondary N) is 1. The average Bonchev–Trinajstić information content (AvgIpc) is 2.67. The molecule has 0 unspecified atom stereocenters. The maximum Gasteiger partial charge on any atom is 0.239 e. The molecule has 0 saturated carbocycles. The van der Waals surface area contributed by atoms with Gasteiger partial charge in [0.05, 0.1) is 6.04 Å². The summed E-state index contributed by atoms with van der Waals surface area (Å²) in [6.45, 7) is 7.26. The van der Waals surface area contributed by atoms with Gasteiger partial charge in [0.1, 0.15) is 0 Å². The Labute approximate surface area is 96.0 Å². The van der Waals surface area contributed by atoms with E-state index in [-0.39, 0.29) is 10.8 Å². The van der Waals surface area contributed by atoms with Gasteiger partial charge in [-0.05, 0) is 33.2 Å². The van der Waals surface area contributed by atoms with Gasteiger partial charge >= 0.3 is 0 Å². The Hall–Kier alpha value is -0.220. The quantitative estimate of drug-likeness (QED) is 0.729. The fourth-order valence-corrected chi connectivity index (χ4v) is 3.43. The van der Waals surface area contributed by atoms with Crippen LogP contribution < -0.4 is 5.32 Å². The minimum Gasteiger partial charge on any atom is -0.339 e. The molecule has 4 heteroatoms. The van der Waals surface area contributed by atoms with Gasteiger partial charge in [-0.2, -0.15) is 11.8 Å². The van der Waals surface area contributed by atoms with Gasteiger partial charge in [-0.15, -0.1) is 0 Å². The molecule has 0 aliphatic carbocycles. The fourth-order valence-electron chi connectivity index (χ4n) is 2.32. The lowest BCUT2D eigenvalue weighted by Crippen LogP contribution is -2.51. The molecule has 0 spiro atoms. The van der Waals surface area contributed by atoms with Crippen molar-refractivity contribution in [2.24, 2.45) is 0 Å². The molecule has 2 heterocycles. The van der Waals surface area contributed by atoms with E-state index < -0.39 is 0 Å². The van der Waals surface area contributed by atoms with Gasteiger partial charge in [-0.3, -0.25) is 4.79 Å². The summed E-state index contributed by atoms with van der Waals surface area (Å²) in [4.78, 5) is 14.2. The second-order valence-corrected chi connectivity index (χ2v) is 6.82. The van der Waals surface area contributed by atoms with Crippen molar-refractivity contribution in [1.29, 1.82) is 0 Å². The van der Waals surface area contributed by atoms with Crippen LogP contribution in [0.5, 0.6) is 0 Å². The zero-order chi connectivity index (χ0) is 10.9. The van der Waals surface area contributed by atoms with E-state index in [1.165, 1.54) is 0 Å². The maximum absolute atomic E-state index is 12.1. The van der Waals surface area contributed by atoms with Crippen molar-refractivity contribution >= 4 is 17.7 Å². The van der Waals surface area contributed by atoms with Gasteiger partial charge in [0.15, 0.2) is 0 Å². The molecule has 0 aromatic heterocycles. The van der Waals surface area contributed by atoms with E-state index in [4.69, 9.17) is 0 Å². The van der Waals surface area contributed by atoms with Crippen molar-refractivity contribution < 1.29 is 4.79 Å². The van der Waals surface area contributed by atoms with Crippen LogP contribution in [0.3, 0.4) is 0 Å². The molecule has 0 aromatic carbocycles. The first kappa shape index (κ1) is 11.3. The largest absolute Gasteiger partial charge is 0.339 e. The number of carbonyl (C=O) groups is 1. The lowest BCUT2D eigenvalue weighted by atomic mass is 10.1. The van der Waals surface area contributed by atoms with Crippen LogP contribution >= 0.6 is 11.8 Å². The van der Waals surface area contributed by atoms with Crippen LogP contribution in [0.2, 0.25) is 0 Å². The second-order valence-electron chi connectivity index (χ2n) is 5.02. The van der Waals surface area contributed by atoms with Crippen molar-refractivity contribution in [3.8, 4) is 0 Å². The predicted molar refractivity (Wildman–Crippen MR) is 64.1 cm³/mol. The van der Waals surface area contributed by atoms with Crippen LogP contribution in [0.1, 0.15) is 26.7 Å². The van der Waals surface area contributed by atoms with Crippen LogP contribution in [-0.2, 0) is 4.79 Å². The predicted octanol–water partition coefficient (Wildman–Crippen LogP) is 1.09. The SMILES string of the molecule is CC1(C)CN(C(=O)[C@@H]2CCCN2)CCS1. The molecule has 0 bridgehead atoms. The van der Waals surface area contributed by atoms with E-state index in [0.717, 1.165) is 38.2 Å². The highest BCUT2D eigenvalue weighted by atomic mass is 32.2. The standard InChI is InChI=1S/C11H20N2OS/c1-11(2)8-13(6-7-15-11)10(14)9-4-3-5-12-9/h9,12H,3-8H2,1-2H3/t9-/m0/s1. The molecule has 1 amide bonds. The molecular weight excluding hydrogens is 208 g/mol. The van der Waals surface area contributed by atoms with Crippen molar-refractivity contribution in [2.45, 2.75) is 37.5 Å². The molecule has 0 radical (unpaired) electrons. The lowest BCUT2D eigenvalue weighted by molar-refractivity contribution is -0.133. The first-order chi connectivity index (χ1) is 7.08. The van der Waals surface area contributed by atoms with Gasteiger partial charge in [0, 0.05) is 23.6 Å². The third-order valence-electron chi connectivity index (χ3n) is 3.10. The second kappa shape index (κ2) is 4.34. The number of hydrogen-bond donors (Lipinski definition) is 1. The van der Waals surface area contributed by atoms with Crippen molar-refractivity contribution in [3.05, 3.63) is 0 Å². The maximum atomic E-state index is 12.1. The Morgan fingerprint density at radius 1 is 1.53 bits per heavy atom. The van der Waals surface area contributed by atoms with E-state index in [1.54, 1.807) is 0 Å². The van der Waals surface area contributed by atoms with Crippen molar-refractivity contribution in [3.63, 3.8) is 0 Å². The molecule has 3 nitrogen and oxygen atoms in total. The Kier molecular flexibility index (Phi) is 3.26. The molecule has 2 aliphatic heterocycles. The van der Waals surface area contributed by atoms with Gasteiger partial charge in [-0.1, -0.05) is 0 Å². The Balaban J connectivity index is 1.94. The van der Waals surface area contributed by atoms with E-state index in [2.05, 4.69) is 19.2 Å². The summed E-state index contributed by atoms with van der Waals surface area (Å²) in [7, 11) is 0. The number of amides is 1. The molecule has 86 valence electrons. The fraction of sp³-hybridized carbons (Fsp3) is 0.909. The summed E-state index contributed by atoms with van der Waals surface area (Å²) in [6.07, 6.45) is 2.16. The highest BCUT2D eigenvalue weighted by Gasteiger charge is 2.33. The molecule has 1 N–H and O–H groups in total. The minimum absolute atomic E-state index is 0.101. The summed E-state index contributed by atoms with van der Waals surface area (Å²) < 4.78 is 0.229. The van der Waals surface area contributed by atoms with Gasteiger partial charge in [0.25, 0.3) is 0 Å². The van der Waals surface area contributed by atoms with Crippen molar-refractivity contribution in [2.75, 3.05) is 25.4 Å². The Bertz CT molecular complexity index is 249. The third kappa shape index (κ3) is 2.67. The van der Waals surface area contributed by atoms with E-state index >= 15 is 0 Å². The van der Waals surface area contributed by atoms with Crippen LogP contribution in [0.25, 0.3) is 0 Å². The van der Waals surface area contributed by atoms with Crippen LogP contribution in [0.4, 0.5) is 0 Å². The summed E-state index contributed by atoms with van der Waals surface area (Å²) in [6, 6.07) is 0.101. The van der Waals surface area contributed by atoms with Gasteiger partial charge < -0.3 is 10.2 Å². The molecule has 2 rings (SSSR count). The highest BCUT2D eigenvalue weighted by Crippen LogP contribution is 2.30. The van der Waals surface area contributed by atoms with Gasteiger partial charge in [0.2, 0.25) is 5.91 Å². The molecular formula is C11H20N2OS. The molecule has 15 heavy (non-hydrogen) atoms. The highest BCUT2D eigenvalue weighted by molar-refractivity contribution is 8.00. The first-order valence-electron chi connectivity index (χ1n) is 5.75. The molecule has 1 atom stereocenters. The smallest absolute Gasteiger partial charge is 0.239 e. The zero-order valence-corrected chi connectivity index (χ0v) is 10.4. The lowest BCUT2D eigenvalue weighted by Gasteiger charge is -2.38. The molecule has 2 aliphatic rings. The first-order valence-corrected chi connectivity index (χ1v) is 6.73. The number of carbonyl (C=O) groups excluding carboxylic acids is 1. The normalized spacial score (nSPS) is 30.5. The monoisotopic (exact) mass is 228 g/mol. The molecule has 0 aromatic rings. The van der Waals surface area contributed by atoms with Crippen LogP contribution in [0, 0.1) is 0 Å². The summed E-state index contributed by atoms with van der Waals surface area (Å²) >= 11 is 1.97. The number of nitrogens with zero attached hydrogens (tertiary/aromatic N) is 1.